The highest BCUT2D eigenvalue weighted by molar-refractivity contribution is 5.54. The molecule has 1 atom stereocenters. The second-order valence-corrected chi connectivity index (χ2v) is 7.01. The lowest BCUT2D eigenvalue weighted by Gasteiger charge is -2.37. The van der Waals surface area contributed by atoms with Crippen LogP contribution in [0.25, 0.3) is 0 Å². The Morgan fingerprint density at radius 1 is 1.14 bits per heavy atom. The van der Waals surface area contributed by atoms with Crippen molar-refractivity contribution in [2.24, 2.45) is 5.92 Å². The number of likely N-dealkylation sites (tertiary alicyclic amines) is 1. The second kappa shape index (κ2) is 6.80. The van der Waals surface area contributed by atoms with Crippen LogP contribution in [0.2, 0.25) is 0 Å². The molecular weight excluding hydrogens is 258 g/mol. The molecule has 1 aromatic rings. The van der Waals surface area contributed by atoms with Crippen LogP contribution in [0.5, 0.6) is 0 Å². The Kier molecular flexibility index (Phi) is 4.81. The molecule has 0 saturated carbocycles. The fourth-order valence-corrected chi connectivity index (χ4v) is 3.92. The minimum Gasteiger partial charge on any atom is -0.385 e. The number of anilines is 1. The van der Waals surface area contributed by atoms with Gasteiger partial charge in [-0.3, -0.25) is 0 Å². The Morgan fingerprint density at radius 2 is 1.90 bits per heavy atom. The molecule has 2 aliphatic heterocycles. The van der Waals surface area contributed by atoms with Crippen LogP contribution in [0.1, 0.15) is 30.7 Å². The summed E-state index contributed by atoms with van der Waals surface area (Å²) in [6, 6.07) is 8.86. The van der Waals surface area contributed by atoms with Crippen LogP contribution in [0.15, 0.2) is 24.3 Å². The number of nitrogens with one attached hydrogen (secondary N) is 1. The molecule has 1 N–H and O–H groups in total. The maximum atomic E-state index is 3.53. The molecule has 0 bridgehead atoms. The van der Waals surface area contributed by atoms with Gasteiger partial charge < -0.3 is 15.1 Å². The smallest absolute Gasteiger partial charge is 0.0376 e. The lowest BCUT2D eigenvalue weighted by atomic mass is 9.89. The van der Waals surface area contributed by atoms with E-state index >= 15 is 0 Å². The molecule has 2 heterocycles. The van der Waals surface area contributed by atoms with Gasteiger partial charge in [0.15, 0.2) is 0 Å². The van der Waals surface area contributed by atoms with Crippen molar-refractivity contribution in [1.29, 1.82) is 0 Å². The second-order valence-electron chi connectivity index (χ2n) is 7.01. The molecule has 116 valence electrons. The van der Waals surface area contributed by atoms with E-state index in [1.807, 2.05) is 0 Å². The van der Waals surface area contributed by atoms with Gasteiger partial charge in [0.1, 0.15) is 0 Å². The van der Waals surface area contributed by atoms with Gasteiger partial charge in [-0.15, -0.1) is 0 Å². The minimum absolute atomic E-state index is 0.716. The van der Waals surface area contributed by atoms with Crippen molar-refractivity contribution in [2.45, 2.75) is 25.2 Å². The number of para-hydroxylation sites is 1. The molecule has 0 aromatic heterocycles. The highest BCUT2D eigenvalue weighted by Gasteiger charge is 2.25. The van der Waals surface area contributed by atoms with E-state index in [0.717, 1.165) is 12.5 Å². The van der Waals surface area contributed by atoms with E-state index in [1.54, 1.807) is 0 Å². The summed E-state index contributed by atoms with van der Waals surface area (Å²) in [5.41, 5.74) is 2.88. The van der Waals surface area contributed by atoms with Crippen molar-refractivity contribution in [2.75, 3.05) is 52.1 Å². The fourth-order valence-electron chi connectivity index (χ4n) is 3.92. The first kappa shape index (κ1) is 14.9. The molecule has 3 heteroatoms. The number of hydrogen-bond acceptors (Lipinski definition) is 3. The summed E-state index contributed by atoms with van der Waals surface area (Å²) in [6.07, 6.45) is 4.00. The molecule has 2 aliphatic rings. The highest BCUT2D eigenvalue weighted by atomic mass is 15.1. The maximum Gasteiger partial charge on any atom is 0.0376 e. The molecular formula is C18H29N3. The normalized spacial score (nSPS) is 23.9. The molecule has 21 heavy (non-hydrogen) atoms. The summed E-state index contributed by atoms with van der Waals surface area (Å²) in [6.45, 7) is 6.19. The van der Waals surface area contributed by atoms with Crippen molar-refractivity contribution in [3.8, 4) is 0 Å². The predicted octanol–water partition coefficient (Wildman–Crippen LogP) is 2.86. The van der Waals surface area contributed by atoms with E-state index in [1.165, 1.54) is 56.7 Å². The van der Waals surface area contributed by atoms with Gasteiger partial charge in [0.25, 0.3) is 0 Å². The van der Waals surface area contributed by atoms with Crippen LogP contribution in [0, 0.1) is 5.92 Å². The summed E-state index contributed by atoms with van der Waals surface area (Å²) in [5, 5.41) is 3.53. The van der Waals surface area contributed by atoms with Crippen LogP contribution in [-0.4, -0.2) is 56.6 Å². The van der Waals surface area contributed by atoms with Crippen molar-refractivity contribution < 1.29 is 0 Å². The summed E-state index contributed by atoms with van der Waals surface area (Å²) in [5.74, 6) is 1.62. The number of hydrogen-bond donors (Lipinski definition) is 1. The number of rotatable bonds is 4. The van der Waals surface area contributed by atoms with E-state index in [-0.39, 0.29) is 0 Å². The first-order valence-electron chi connectivity index (χ1n) is 8.42. The highest BCUT2D eigenvalue weighted by Crippen LogP contribution is 2.32. The monoisotopic (exact) mass is 287 g/mol. The molecule has 0 aliphatic carbocycles. The van der Waals surface area contributed by atoms with Gasteiger partial charge in [0.2, 0.25) is 0 Å². The van der Waals surface area contributed by atoms with Gasteiger partial charge in [-0.05, 0) is 64.0 Å². The van der Waals surface area contributed by atoms with Crippen molar-refractivity contribution in [3.63, 3.8) is 0 Å². The van der Waals surface area contributed by atoms with E-state index in [9.17, 15) is 0 Å². The summed E-state index contributed by atoms with van der Waals surface area (Å²) >= 11 is 0. The number of benzene rings is 1. The van der Waals surface area contributed by atoms with E-state index in [2.05, 4.69) is 53.5 Å². The maximum absolute atomic E-state index is 3.53. The first-order valence-corrected chi connectivity index (χ1v) is 8.42. The Morgan fingerprint density at radius 3 is 2.67 bits per heavy atom. The van der Waals surface area contributed by atoms with Gasteiger partial charge in [-0.2, -0.15) is 0 Å². The quantitative estimate of drug-likeness (QED) is 0.918. The van der Waals surface area contributed by atoms with Crippen molar-refractivity contribution in [1.82, 2.24) is 9.80 Å². The molecule has 1 fully saturated rings. The predicted molar refractivity (Wildman–Crippen MR) is 90.0 cm³/mol. The van der Waals surface area contributed by atoms with Gasteiger partial charge in [-0.1, -0.05) is 18.2 Å². The SMILES string of the molecule is CN(C)CC1CCN(CC2CCNc3ccccc32)CC1. The van der Waals surface area contributed by atoms with E-state index < -0.39 is 0 Å². The third-order valence-corrected chi connectivity index (χ3v) is 5.02. The first-order chi connectivity index (χ1) is 10.2. The van der Waals surface area contributed by atoms with Gasteiger partial charge in [0, 0.05) is 31.2 Å². The van der Waals surface area contributed by atoms with Crippen LogP contribution >= 0.6 is 0 Å². The van der Waals surface area contributed by atoms with Gasteiger partial charge >= 0.3 is 0 Å². The fraction of sp³-hybridized carbons (Fsp3) is 0.667. The Hall–Kier alpha value is -1.06. The van der Waals surface area contributed by atoms with E-state index in [4.69, 9.17) is 0 Å². The third kappa shape index (κ3) is 3.78. The zero-order valence-corrected chi connectivity index (χ0v) is 13.5. The van der Waals surface area contributed by atoms with Crippen LogP contribution in [0.4, 0.5) is 5.69 Å². The molecule has 0 spiro atoms. The molecule has 1 saturated heterocycles. The zero-order valence-electron chi connectivity index (χ0n) is 13.5. The summed E-state index contributed by atoms with van der Waals surface area (Å²) in [7, 11) is 4.39. The topological polar surface area (TPSA) is 18.5 Å². The average molecular weight is 287 g/mol. The van der Waals surface area contributed by atoms with Crippen molar-refractivity contribution in [3.05, 3.63) is 29.8 Å². The number of piperidine rings is 1. The van der Waals surface area contributed by atoms with Gasteiger partial charge in [0.05, 0.1) is 0 Å². The molecule has 3 rings (SSSR count). The molecule has 1 aromatic carbocycles. The molecule has 0 amide bonds. The Labute approximate surface area is 129 Å². The molecule has 1 unspecified atom stereocenters. The Bertz CT molecular complexity index is 450. The largest absolute Gasteiger partial charge is 0.385 e. The third-order valence-electron chi connectivity index (χ3n) is 5.02. The number of nitrogens with zero attached hydrogens (tertiary/aromatic N) is 2. The number of fused-ring (bicyclic) bond motifs is 1. The van der Waals surface area contributed by atoms with Crippen LogP contribution in [-0.2, 0) is 0 Å². The zero-order chi connectivity index (χ0) is 14.7. The Balaban J connectivity index is 1.54. The summed E-state index contributed by atoms with van der Waals surface area (Å²) < 4.78 is 0. The molecule has 3 nitrogen and oxygen atoms in total. The lowest BCUT2D eigenvalue weighted by molar-refractivity contribution is 0.154. The van der Waals surface area contributed by atoms with E-state index in [0.29, 0.717) is 5.92 Å². The average Bonchev–Trinajstić information content (AvgIpc) is 2.49. The lowest BCUT2D eigenvalue weighted by Crippen LogP contribution is -2.39. The van der Waals surface area contributed by atoms with Crippen LogP contribution in [0.3, 0.4) is 0 Å². The van der Waals surface area contributed by atoms with Gasteiger partial charge in [-0.25, -0.2) is 0 Å². The summed E-state index contributed by atoms with van der Waals surface area (Å²) in [4.78, 5) is 5.03. The van der Waals surface area contributed by atoms with Crippen molar-refractivity contribution >= 4 is 5.69 Å². The standard InChI is InChI=1S/C18H29N3/c1-20(2)13-15-8-11-21(12-9-15)14-16-7-10-19-18-6-4-3-5-17(16)18/h3-6,15-16,19H,7-14H2,1-2H3. The minimum atomic E-state index is 0.716. The van der Waals surface area contributed by atoms with Crippen LogP contribution < -0.4 is 5.32 Å². The molecule has 0 radical (unpaired) electrons.